The molecular weight excluding hydrogens is 390 g/mol. The predicted molar refractivity (Wildman–Crippen MR) is 120 cm³/mol. The second-order valence-electron chi connectivity index (χ2n) is 8.46. The molecule has 2 aliphatic rings. The standard InChI is InChI=1S/C25H29N3O3/c1-18-11-13-20(14-12-18)28-24(30)21-9-5-6-10-22(21)27(25(28)31)17-23(29)26-16-15-19-7-3-2-4-8-19/h2-4,7-8,11-14,21-22H,5-6,9-10,15-17H2,1H3,(H,26,29). The third kappa shape index (κ3) is 4.63. The summed E-state index contributed by atoms with van der Waals surface area (Å²) in [4.78, 5) is 42.1. The Hall–Kier alpha value is -3.15. The van der Waals surface area contributed by atoms with Gasteiger partial charge < -0.3 is 10.2 Å². The first kappa shape index (κ1) is 21.1. The Morgan fingerprint density at radius 1 is 1.00 bits per heavy atom. The van der Waals surface area contributed by atoms with Gasteiger partial charge in [0, 0.05) is 12.6 Å². The third-order valence-electron chi connectivity index (χ3n) is 6.29. The van der Waals surface area contributed by atoms with Crippen LogP contribution in [0, 0.1) is 12.8 Å². The monoisotopic (exact) mass is 419 g/mol. The molecule has 4 amide bonds. The molecule has 2 aromatic rings. The van der Waals surface area contributed by atoms with Gasteiger partial charge in [-0.2, -0.15) is 0 Å². The predicted octanol–water partition coefficient (Wildman–Crippen LogP) is 3.68. The Morgan fingerprint density at radius 3 is 2.45 bits per heavy atom. The molecule has 2 aromatic carbocycles. The molecule has 162 valence electrons. The number of imide groups is 1. The maximum atomic E-state index is 13.4. The summed E-state index contributed by atoms with van der Waals surface area (Å²) in [6, 6.07) is 16.8. The summed E-state index contributed by atoms with van der Waals surface area (Å²) in [6.45, 7) is 2.46. The number of hydrogen-bond donors (Lipinski definition) is 1. The van der Waals surface area contributed by atoms with E-state index in [2.05, 4.69) is 5.32 Å². The zero-order chi connectivity index (χ0) is 21.8. The summed E-state index contributed by atoms with van der Waals surface area (Å²) in [5.74, 6) is -0.573. The van der Waals surface area contributed by atoms with Crippen LogP contribution in [-0.2, 0) is 16.0 Å². The molecule has 2 atom stereocenters. The molecule has 1 aliphatic heterocycles. The lowest BCUT2D eigenvalue weighted by Gasteiger charge is -2.46. The van der Waals surface area contributed by atoms with Crippen LogP contribution in [-0.4, -0.2) is 41.9 Å². The molecule has 0 aromatic heterocycles. The van der Waals surface area contributed by atoms with Crippen LogP contribution in [0.3, 0.4) is 0 Å². The number of urea groups is 1. The summed E-state index contributed by atoms with van der Waals surface area (Å²) < 4.78 is 0. The fourth-order valence-electron chi connectivity index (χ4n) is 4.62. The number of aryl methyl sites for hydroxylation is 1. The number of anilines is 1. The van der Waals surface area contributed by atoms with Crippen LogP contribution < -0.4 is 10.2 Å². The van der Waals surface area contributed by atoms with Crippen molar-refractivity contribution in [1.82, 2.24) is 10.2 Å². The SMILES string of the molecule is Cc1ccc(N2C(=O)C3CCCCC3N(CC(=O)NCCc3ccccc3)C2=O)cc1. The van der Waals surface area contributed by atoms with E-state index in [0.29, 0.717) is 12.2 Å². The van der Waals surface area contributed by atoms with Crippen LogP contribution in [0.2, 0.25) is 0 Å². The number of carbonyl (C=O) groups is 3. The van der Waals surface area contributed by atoms with E-state index in [1.165, 1.54) is 4.90 Å². The van der Waals surface area contributed by atoms with Gasteiger partial charge in [0.1, 0.15) is 6.54 Å². The zero-order valence-corrected chi connectivity index (χ0v) is 17.9. The average molecular weight is 420 g/mol. The molecule has 1 heterocycles. The smallest absolute Gasteiger partial charge is 0.332 e. The normalized spacial score (nSPS) is 21.1. The molecule has 0 bridgehead atoms. The molecule has 31 heavy (non-hydrogen) atoms. The summed E-state index contributed by atoms with van der Waals surface area (Å²) >= 11 is 0. The van der Waals surface area contributed by atoms with Gasteiger partial charge in [-0.25, -0.2) is 9.69 Å². The second-order valence-corrected chi connectivity index (χ2v) is 8.46. The van der Waals surface area contributed by atoms with Crippen LogP contribution in [0.5, 0.6) is 0 Å². The van der Waals surface area contributed by atoms with Gasteiger partial charge in [0.25, 0.3) is 0 Å². The molecule has 2 fully saturated rings. The maximum Gasteiger partial charge on any atom is 0.332 e. The summed E-state index contributed by atoms with van der Waals surface area (Å²) in [7, 11) is 0. The first-order chi connectivity index (χ1) is 15.0. The van der Waals surface area contributed by atoms with Gasteiger partial charge in [-0.3, -0.25) is 9.59 Å². The van der Waals surface area contributed by atoms with Crippen molar-refractivity contribution in [2.75, 3.05) is 18.0 Å². The third-order valence-corrected chi connectivity index (χ3v) is 6.29. The maximum absolute atomic E-state index is 13.4. The summed E-state index contributed by atoms with van der Waals surface area (Å²) in [5, 5.41) is 2.93. The van der Waals surface area contributed by atoms with E-state index < -0.39 is 6.03 Å². The van der Waals surface area contributed by atoms with E-state index >= 15 is 0 Å². The highest BCUT2D eigenvalue weighted by atomic mass is 16.2. The molecule has 6 nitrogen and oxygen atoms in total. The van der Waals surface area contributed by atoms with Gasteiger partial charge in [0.05, 0.1) is 11.6 Å². The van der Waals surface area contributed by atoms with E-state index in [-0.39, 0.29) is 30.3 Å². The molecule has 4 rings (SSSR count). The molecule has 0 radical (unpaired) electrons. The zero-order valence-electron chi connectivity index (χ0n) is 17.9. The van der Waals surface area contributed by atoms with E-state index in [4.69, 9.17) is 0 Å². The van der Waals surface area contributed by atoms with Crippen molar-refractivity contribution in [2.24, 2.45) is 5.92 Å². The highest BCUT2D eigenvalue weighted by Gasteiger charge is 2.47. The largest absolute Gasteiger partial charge is 0.354 e. The quantitative estimate of drug-likeness (QED) is 0.777. The molecule has 1 saturated carbocycles. The number of rotatable bonds is 6. The van der Waals surface area contributed by atoms with Crippen molar-refractivity contribution in [3.63, 3.8) is 0 Å². The Bertz CT molecular complexity index is 942. The fourth-order valence-corrected chi connectivity index (χ4v) is 4.62. The summed E-state index contributed by atoms with van der Waals surface area (Å²) in [5.41, 5.74) is 2.78. The first-order valence-corrected chi connectivity index (χ1v) is 11.1. The Morgan fingerprint density at radius 2 is 1.71 bits per heavy atom. The van der Waals surface area contributed by atoms with Crippen LogP contribution >= 0.6 is 0 Å². The van der Waals surface area contributed by atoms with Gasteiger partial charge >= 0.3 is 6.03 Å². The average Bonchev–Trinajstić information content (AvgIpc) is 2.79. The van der Waals surface area contributed by atoms with Crippen LogP contribution in [0.1, 0.15) is 36.8 Å². The van der Waals surface area contributed by atoms with Gasteiger partial charge in [0.15, 0.2) is 0 Å². The molecule has 2 unspecified atom stereocenters. The van der Waals surface area contributed by atoms with Gasteiger partial charge in [-0.15, -0.1) is 0 Å². The van der Waals surface area contributed by atoms with E-state index in [0.717, 1.165) is 43.2 Å². The van der Waals surface area contributed by atoms with Crippen molar-refractivity contribution in [2.45, 2.75) is 45.1 Å². The Kier molecular flexibility index (Phi) is 6.35. The van der Waals surface area contributed by atoms with Gasteiger partial charge in [0.2, 0.25) is 11.8 Å². The van der Waals surface area contributed by atoms with Crippen molar-refractivity contribution < 1.29 is 14.4 Å². The Balaban J connectivity index is 1.47. The number of nitrogens with zero attached hydrogens (tertiary/aromatic N) is 2. The van der Waals surface area contributed by atoms with Crippen LogP contribution in [0.4, 0.5) is 10.5 Å². The molecule has 6 heteroatoms. The first-order valence-electron chi connectivity index (χ1n) is 11.1. The number of carbonyl (C=O) groups excluding carboxylic acids is 3. The molecule has 1 aliphatic carbocycles. The van der Waals surface area contributed by atoms with Gasteiger partial charge in [-0.05, 0) is 43.9 Å². The van der Waals surface area contributed by atoms with Crippen LogP contribution in [0.15, 0.2) is 54.6 Å². The van der Waals surface area contributed by atoms with E-state index in [9.17, 15) is 14.4 Å². The summed E-state index contributed by atoms with van der Waals surface area (Å²) in [6.07, 6.45) is 4.20. The second kappa shape index (κ2) is 9.33. The molecule has 0 spiro atoms. The molecule has 1 saturated heterocycles. The lowest BCUT2D eigenvalue weighted by molar-refractivity contribution is -0.129. The van der Waals surface area contributed by atoms with Crippen LogP contribution in [0.25, 0.3) is 0 Å². The Labute approximate surface area is 183 Å². The minimum atomic E-state index is -0.393. The van der Waals surface area contributed by atoms with Crippen molar-refractivity contribution in [1.29, 1.82) is 0 Å². The highest BCUT2D eigenvalue weighted by Crippen LogP contribution is 2.36. The fraction of sp³-hybridized carbons (Fsp3) is 0.400. The lowest BCUT2D eigenvalue weighted by atomic mass is 9.81. The van der Waals surface area contributed by atoms with E-state index in [1.54, 1.807) is 17.0 Å². The number of fused-ring (bicyclic) bond motifs is 1. The number of nitrogens with one attached hydrogen (secondary N) is 1. The molecule has 1 N–H and O–H groups in total. The highest BCUT2D eigenvalue weighted by molar-refractivity contribution is 6.17. The number of hydrogen-bond acceptors (Lipinski definition) is 3. The lowest BCUT2D eigenvalue weighted by Crippen LogP contribution is -2.64. The molecular formula is C25H29N3O3. The van der Waals surface area contributed by atoms with Crippen molar-refractivity contribution >= 4 is 23.5 Å². The number of benzene rings is 2. The topological polar surface area (TPSA) is 69.7 Å². The minimum Gasteiger partial charge on any atom is -0.354 e. The van der Waals surface area contributed by atoms with Crippen molar-refractivity contribution in [3.8, 4) is 0 Å². The number of amides is 4. The van der Waals surface area contributed by atoms with E-state index in [1.807, 2.05) is 49.4 Å². The minimum absolute atomic E-state index is 0.0234. The van der Waals surface area contributed by atoms with Crippen molar-refractivity contribution in [3.05, 3.63) is 65.7 Å². The van der Waals surface area contributed by atoms with Gasteiger partial charge in [-0.1, -0.05) is 60.9 Å².